The topological polar surface area (TPSA) is 39.4 Å². The quantitative estimate of drug-likeness (QED) is 0.218. The van der Waals surface area contributed by atoms with Crippen molar-refractivity contribution in [3.05, 3.63) is 108 Å². The SMILES string of the molecule is c1cc(-c2sccc2-c2cc(-c3ccsc3-c3ccoc3)cc(-c3ccsc3-c3ccoc3)c2)co1. The second kappa shape index (κ2) is 8.99. The molecule has 0 aliphatic heterocycles. The van der Waals surface area contributed by atoms with Crippen molar-refractivity contribution in [2.45, 2.75) is 0 Å². The second-order valence-corrected chi connectivity index (χ2v) is 11.1. The van der Waals surface area contributed by atoms with Gasteiger partial charge in [0.2, 0.25) is 0 Å². The third-order valence-electron chi connectivity index (χ3n) is 6.21. The first-order valence-electron chi connectivity index (χ1n) is 11.3. The van der Waals surface area contributed by atoms with E-state index >= 15 is 0 Å². The molecule has 0 bridgehead atoms. The summed E-state index contributed by atoms with van der Waals surface area (Å²) >= 11 is 5.19. The molecule has 0 amide bonds. The third kappa shape index (κ3) is 3.71. The van der Waals surface area contributed by atoms with Crippen LogP contribution in [0, 0.1) is 0 Å². The fraction of sp³-hybridized carbons (Fsp3) is 0. The van der Waals surface area contributed by atoms with Gasteiger partial charge in [-0.05, 0) is 87.4 Å². The van der Waals surface area contributed by atoms with Crippen LogP contribution in [0.15, 0.2) is 122 Å². The van der Waals surface area contributed by atoms with Crippen molar-refractivity contribution in [2.75, 3.05) is 0 Å². The van der Waals surface area contributed by atoms with Gasteiger partial charge in [0, 0.05) is 48.0 Å². The van der Waals surface area contributed by atoms with Crippen LogP contribution in [0.3, 0.4) is 0 Å². The molecule has 6 heteroatoms. The highest BCUT2D eigenvalue weighted by Gasteiger charge is 2.18. The number of furan rings is 3. The zero-order valence-corrected chi connectivity index (χ0v) is 21.3. The number of hydrogen-bond acceptors (Lipinski definition) is 6. The predicted molar refractivity (Wildman–Crippen MR) is 149 cm³/mol. The summed E-state index contributed by atoms with van der Waals surface area (Å²) in [4.78, 5) is 3.60. The van der Waals surface area contributed by atoms with Gasteiger partial charge >= 0.3 is 0 Å². The Labute approximate surface area is 219 Å². The van der Waals surface area contributed by atoms with Gasteiger partial charge in [-0.25, -0.2) is 0 Å². The number of benzene rings is 1. The Morgan fingerprint density at radius 1 is 0.389 bits per heavy atom. The van der Waals surface area contributed by atoms with Crippen LogP contribution in [0.4, 0.5) is 0 Å². The molecule has 36 heavy (non-hydrogen) atoms. The maximum absolute atomic E-state index is 5.40. The Kier molecular flexibility index (Phi) is 5.35. The predicted octanol–water partition coefficient (Wildman–Crippen LogP) is 10.7. The van der Waals surface area contributed by atoms with Crippen LogP contribution in [-0.2, 0) is 0 Å². The van der Waals surface area contributed by atoms with Gasteiger partial charge in [-0.2, -0.15) is 0 Å². The first-order valence-corrected chi connectivity index (χ1v) is 14.0. The van der Waals surface area contributed by atoms with Crippen LogP contribution < -0.4 is 0 Å². The molecule has 0 saturated carbocycles. The lowest BCUT2D eigenvalue weighted by atomic mass is 9.92. The van der Waals surface area contributed by atoms with E-state index in [-0.39, 0.29) is 0 Å². The first-order chi connectivity index (χ1) is 17.8. The first kappa shape index (κ1) is 21.4. The summed E-state index contributed by atoms with van der Waals surface area (Å²) in [6.45, 7) is 0. The molecule has 3 nitrogen and oxygen atoms in total. The molecule has 6 aromatic heterocycles. The highest BCUT2D eigenvalue weighted by atomic mass is 32.1. The molecule has 0 N–H and O–H groups in total. The van der Waals surface area contributed by atoms with Gasteiger partial charge in [0.05, 0.1) is 37.6 Å². The summed E-state index contributed by atoms with van der Waals surface area (Å²) in [5.74, 6) is 0. The summed E-state index contributed by atoms with van der Waals surface area (Å²) in [5, 5.41) is 6.44. The summed E-state index contributed by atoms with van der Waals surface area (Å²) in [6, 6.07) is 19.5. The van der Waals surface area contributed by atoms with Crippen LogP contribution in [-0.4, -0.2) is 0 Å². The van der Waals surface area contributed by atoms with Gasteiger partial charge in [0.1, 0.15) is 0 Å². The van der Waals surface area contributed by atoms with Crippen molar-refractivity contribution >= 4 is 34.0 Å². The van der Waals surface area contributed by atoms with E-state index in [1.54, 1.807) is 52.8 Å². The summed E-state index contributed by atoms with van der Waals surface area (Å²) in [7, 11) is 0. The fourth-order valence-electron chi connectivity index (χ4n) is 4.56. The van der Waals surface area contributed by atoms with E-state index in [1.165, 1.54) is 48.0 Å². The van der Waals surface area contributed by atoms with Crippen LogP contribution in [0.5, 0.6) is 0 Å². The van der Waals surface area contributed by atoms with Crippen molar-refractivity contribution < 1.29 is 13.3 Å². The van der Waals surface area contributed by atoms with Gasteiger partial charge in [-0.15, -0.1) is 34.0 Å². The smallest absolute Gasteiger partial charge is 0.0989 e. The van der Waals surface area contributed by atoms with Gasteiger partial charge in [0.15, 0.2) is 0 Å². The Balaban J connectivity index is 1.45. The molecule has 0 aliphatic rings. The Morgan fingerprint density at radius 3 is 1.00 bits per heavy atom. The second-order valence-electron chi connectivity index (χ2n) is 8.33. The van der Waals surface area contributed by atoms with E-state index in [2.05, 4.69) is 52.5 Å². The monoisotopic (exact) mass is 522 g/mol. The van der Waals surface area contributed by atoms with E-state index in [0.29, 0.717) is 0 Å². The van der Waals surface area contributed by atoms with Crippen LogP contribution >= 0.6 is 34.0 Å². The van der Waals surface area contributed by atoms with Crippen molar-refractivity contribution in [1.82, 2.24) is 0 Å². The van der Waals surface area contributed by atoms with Crippen LogP contribution in [0.1, 0.15) is 0 Å². The number of rotatable bonds is 6. The number of thiophene rings is 3. The maximum atomic E-state index is 5.40. The molecule has 0 aliphatic carbocycles. The van der Waals surface area contributed by atoms with E-state index < -0.39 is 0 Å². The molecular formula is C30H18O3S3. The van der Waals surface area contributed by atoms with Gasteiger partial charge in [0.25, 0.3) is 0 Å². The highest BCUT2D eigenvalue weighted by Crippen LogP contribution is 2.45. The highest BCUT2D eigenvalue weighted by molar-refractivity contribution is 7.14. The standard InChI is InChI=1S/C30H18O3S3/c1-7-31-16-19(1)28-25(4-10-34-28)22-13-23(26-5-11-35-29(26)20-2-8-32-17-20)15-24(14-22)27-6-12-36-30(27)21-3-9-33-18-21/h1-18H. The lowest BCUT2D eigenvalue weighted by molar-refractivity contribution is 0.568. The molecule has 1 aromatic carbocycles. The molecule has 6 heterocycles. The van der Waals surface area contributed by atoms with Crippen molar-refractivity contribution in [1.29, 1.82) is 0 Å². The molecule has 174 valence electrons. The summed E-state index contributed by atoms with van der Waals surface area (Å²) in [6.07, 6.45) is 10.6. The molecule has 0 saturated heterocycles. The zero-order valence-electron chi connectivity index (χ0n) is 18.8. The van der Waals surface area contributed by atoms with Crippen molar-refractivity contribution in [3.63, 3.8) is 0 Å². The third-order valence-corrected chi connectivity index (χ3v) is 9.10. The van der Waals surface area contributed by atoms with E-state index in [0.717, 1.165) is 16.7 Å². The minimum Gasteiger partial charge on any atom is -0.472 e. The Bertz CT molecular complexity index is 1510. The van der Waals surface area contributed by atoms with Gasteiger partial charge < -0.3 is 13.3 Å². The fourth-order valence-corrected chi connectivity index (χ4v) is 7.27. The van der Waals surface area contributed by atoms with E-state index in [1.807, 2.05) is 37.0 Å². The van der Waals surface area contributed by atoms with Crippen LogP contribution in [0.25, 0.3) is 64.7 Å². The minimum atomic E-state index is 1.09. The molecule has 0 radical (unpaired) electrons. The molecule has 0 unspecified atom stereocenters. The van der Waals surface area contributed by atoms with Crippen molar-refractivity contribution in [3.8, 4) is 64.7 Å². The van der Waals surface area contributed by atoms with Crippen molar-refractivity contribution in [2.24, 2.45) is 0 Å². The molecule has 7 aromatic rings. The average molecular weight is 523 g/mol. The molecule has 0 atom stereocenters. The number of hydrogen-bond donors (Lipinski definition) is 0. The van der Waals surface area contributed by atoms with Gasteiger partial charge in [-0.1, -0.05) is 0 Å². The largest absolute Gasteiger partial charge is 0.472 e. The normalized spacial score (nSPS) is 11.3. The Morgan fingerprint density at radius 2 is 0.722 bits per heavy atom. The lowest BCUT2D eigenvalue weighted by Gasteiger charge is -2.12. The van der Waals surface area contributed by atoms with Crippen LogP contribution in [0.2, 0.25) is 0 Å². The summed E-state index contributed by atoms with van der Waals surface area (Å²) < 4.78 is 16.2. The zero-order chi connectivity index (χ0) is 23.9. The lowest BCUT2D eigenvalue weighted by Crippen LogP contribution is -1.87. The van der Waals surface area contributed by atoms with E-state index in [9.17, 15) is 0 Å². The average Bonchev–Trinajstić information content (AvgIpc) is 3.76. The molecule has 7 rings (SSSR count). The van der Waals surface area contributed by atoms with Gasteiger partial charge in [-0.3, -0.25) is 0 Å². The molecule has 0 fully saturated rings. The summed E-state index contributed by atoms with van der Waals surface area (Å²) in [5.41, 5.74) is 10.4. The Hall–Kier alpha value is -3.84. The van der Waals surface area contributed by atoms with E-state index in [4.69, 9.17) is 13.3 Å². The molecular weight excluding hydrogens is 505 g/mol. The maximum Gasteiger partial charge on any atom is 0.0989 e. The molecule has 0 spiro atoms. The minimum absolute atomic E-state index is 1.09.